The summed E-state index contributed by atoms with van der Waals surface area (Å²) < 4.78 is 4.02. The van der Waals surface area contributed by atoms with E-state index >= 15 is 0 Å². The Balaban J connectivity index is 1.97. The number of aryl methyl sites for hydroxylation is 4. The van der Waals surface area contributed by atoms with Crippen molar-refractivity contribution in [1.82, 2.24) is 19.1 Å². The second-order valence-electron chi connectivity index (χ2n) is 5.02. The second kappa shape index (κ2) is 5.05. The molecule has 0 amide bonds. The molecule has 2 aromatic heterocycles. The van der Waals surface area contributed by atoms with E-state index < -0.39 is 5.97 Å². The van der Waals surface area contributed by atoms with E-state index in [1.807, 2.05) is 29.3 Å². The summed E-state index contributed by atoms with van der Waals surface area (Å²) in [6.07, 6.45) is 4.46. The quantitative estimate of drug-likeness (QED) is 0.795. The maximum absolute atomic E-state index is 11.1. The molecule has 3 aromatic rings. The zero-order chi connectivity index (χ0) is 15.0. The molecular formula is C15H16N4O2. The summed E-state index contributed by atoms with van der Waals surface area (Å²) in [6, 6.07) is 5.01. The van der Waals surface area contributed by atoms with E-state index in [9.17, 15) is 4.79 Å². The van der Waals surface area contributed by atoms with Crippen LogP contribution in [0.2, 0.25) is 0 Å². The van der Waals surface area contributed by atoms with E-state index in [0.29, 0.717) is 0 Å². The predicted molar refractivity (Wildman–Crippen MR) is 78.3 cm³/mol. The first-order valence-electron chi connectivity index (χ1n) is 6.72. The molecule has 0 unspecified atom stereocenters. The third-order valence-corrected chi connectivity index (χ3v) is 3.67. The van der Waals surface area contributed by atoms with Crippen LogP contribution in [-0.2, 0) is 20.0 Å². The number of aromatic carboxylic acids is 1. The molecule has 21 heavy (non-hydrogen) atoms. The molecular weight excluding hydrogens is 268 g/mol. The second-order valence-corrected chi connectivity index (χ2v) is 5.02. The zero-order valence-corrected chi connectivity index (χ0v) is 11.9. The minimum atomic E-state index is -0.925. The number of carboxylic acid groups (broad SMARTS) is 1. The van der Waals surface area contributed by atoms with Gasteiger partial charge in [0.2, 0.25) is 0 Å². The number of imidazole rings is 2. The molecule has 6 heteroatoms. The van der Waals surface area contributed by atoms with Crippen molar-refractivity contribution in [1.29, 1.82) is 0 Å². The van der Waals surface area contributed by atoms with Gasteiger partial charge in [-0.25, -0.2) is 14.8 Å². The molecule has 1 N–H and O–H groups in total. The van der Waals surface area contributed by atoms with E-state index in [1.54, 1.807) is 24.4 Å². The molecule has 0 bridgehead atoms. The highest BCUT2D eigenvalue weighted by atomic mass is 16.4. The maximum Gasteiger partial charge on any atom is 0.335 e. The van der Waals surface area contributed by atoms with Crippen molar-refractivity contribution in [2.24, 2.45) is 7.05 Å². The van der Waals surface area contributed by atoms with Crippen LogP contribution in [0.25, 0.3) is 11.0 Å². The maximum atomic E-state index is 11.1. The molecule has 0 aliphatic rings. The lowest BCUT2D eigenvalue weighted by Gasteiger charge is -2.07. The monoisotopic (exact) mass is 284 g/mol. The van der Waals surface area contributed by atoms with Gasteiger partial charge in [0.25, 0.3) is 0 Å². The average molecular weight is 284 g/mol. The van der Waals surface area contributed by atoms with Gasteiger partial charge in [-0.15, -0.1) is 0 Å². The highest BCUT2D eigenvalue weighted by Gasteiger charge is 2.11. The lowest BCUT2D eigenvalue weighted by Crippen LogP contribution is -2.07. The average Bonchev–Trinajstić information content (AvgIpc) is 2.98. The van der Waals surface area contributed by atoms with Crippen molar-refractivity contribution in [3.05, 3.63) is 47.8 Å². The summed E-state index contributed by atoms with van der Waals surface area (Å²) >= 11 is 0. The fourth-order valence-electron chi connectivity index (χ4n) is 2.51. The largest absolute Gasteiger partial charge is 0.478 e. The molecule has 0 saturated heterocycles. The topological polar surface area (TPSA) is 72.9 Å². The molecule has 6 nitrogen and oxygen atoms in total. The van der Waals surface area contributed by atoms with Crippen molar-refractivity contribution in [2.75, 3.05) is 0 Å². The van der Waals surface area contributed by atoms with Gasteiger partial charge in [-0.05, 0) is 25.1 Å². The summed E-state index contributed by atoms with van der Waals surface area (Å²) in [5.41, 5.74) is 1.94. The van der Waals surface area contributed by atoms with Crippen LogP contribution in [0.5, 0.6) is 0 Å². The normalized spacial score (nSPS) is 11.1. The molecule has 0 atom stereocenters. The smallest absolute Gasteiger partial charge is 0.335 e. The third kappa shape index (κ3) is 2.40. The van der Waals surface area contributed by atoms with E-state index in [0.717, 1.165) is 35.6 Å². The van der Waals surface area contributed by atoms with Crippen LogP contribution in [0.3, 0.4) is 0 Å². The number of nitrogens with zero attached hydrogens (tertiary/aromatic N) is 4. The predicted octanol–water partition coefficient (Wildman–Crippen LogP) is 2.02. The van der Waals surface area contributed by atoms with Crippen LogP contribution in [0, 0.1) is 6.92 Å². The van der Waals surface area contributed by atoms with Gasteiger partial charge in [-0.1, -0.05) is 0 Å². The van der Waals surface area contributed by atoms with Crippen LogP contribution in [-0.4, -0.2) is 30.2 Å². The van der Waals surface area contributed by atoms with Crippen molar-refractivity contribution >= 4 is 17.0 Å². The van der Waals surface area contributed by atoms with Gasteiger partial charge in [0, 0.05) is 32.4 Å². The molecule has 2 heterocycles. The van der Waals surface area contributed by atoms with Crippen LogP contribution in [0.4, 0.5) is 0 Å². The van der Waals surface area contributed by atoms with E-state index in [4.69, 9.17) is 5.11 Å². The molecule has 0 aliphatic heterocycles. The van der Waals surface area contributed by atoms with Gasteiger partial charge in [-0.3, -0.25) is 0 Å². The van der Waals surface area contributed by atoms with Gasteiger partial charge in [0.05, 0.1) is 16.6 Å². The Morgan fingerprint density at radius 1 is 1.38 bits per heavy atom. The Morgan fingerprint density at radius 3 is 2.86 bits per heavy atom. The molecule has 3 rings (SSSR count). The minimum absolute atomic E-state index is 0.278. The van der Waals surface area contributed by atoms with Crippen molar-refractivity contribution in [3.63, 3.8) is 0 Å². The standard InChI is InChI=1S/C15H16N4O2/c1-10-17-12-4-3-11(15(20)21)9-13(12)19(10)7-5-14-16-6-8-18(14)2/h3-4,6,8-9H,5,7H2,1-2H3,(H,20,21). The van der Waals surface area contributed by atoms with Crippen LogP contribution < -0.4 is 0 Å². The Bertz CT molecular complexity index is 816. The number of benzene rings is 1. The Kier molecular flexibility index (Phi) is 3.21. The minimum Gasteiger partial charge on any atom is -0.478 e. The summed E-state index contributed by atoms with van der Waals surface area (Å²) in [5, 5.41) is 9.12. The number of hydrogen-bond acceptors (Lipinski definition) is 3. The summed E-state index contributed by atoms with van der Waals surface area (Å²) in [4.78, 5) is 19.9. The van der Waals surface area contributed by atoms with Crippen LogP contribution in [0.1, 0.15) is 22.0 Å². The highest BCUT2D eigenvalue weighted by molar-refractivity contribution is 5.92. The SMILES string of the molecule is Cc1nc2ccc(C(=O)O)cc2n1CCc1nccn1C. The lowest BCUT2D eigenvalue weighted by molar-refractivity contribution is 0.0697. The van der Waals surface area contributed by atoms with Crippen molar-refractivity contribution < 1.29 is 9.90 Å². The first-order chi connectivity index (χ1) is 10.1. The number of hydrogen-bond donors (Lipinski definition) is 1. The molecule has 108 valence electrons. The van der Waals surface area contributed by atoms with Gasteiger partial charge in [0.1, 0.15) is 11.6 Å². The molecule has 0 spiro atoms. The molecule has 0 radical (unpaired) electrons. The first-order valence-corrected chi connectivity index (χ1v) is 6.72. The molecule has 0 fully saturated rings. The van der Waals surface area contributed by atoms with Gasteiger partial charge in [-0.2, -0.15) is 0 Å². The Morgan fingerprint density at radius 2 is 2.19 bits per heavy atom. The van der Waals surface area contributed by atoms with Gasteiger partial charge >= 0.3 is 5.97 Å². The van der Waals surface area contributed by atoms with Crippen LogP contribution in [0.15, 0.2) is 30.6 Å². The molecule has 1 aromatic carbocycles. The van der Waals surface area contributed by atoms with Crippen molar-refractivity contribution in [2.45, 2.75) is 19.9 Å². The number of aromatic nitrogens is 4. The summed E-state index contributed by atoms with van der Waals surface area (Å²) in [6.45, 7) is 2.65. The van der Waals surface area contributed by atoms with Crippen molar-refractivity contribution in [3.8, 4) is 0 Å². The zero-order valence-electron chi connectivity index (χ0n) is 11.9. The summed E-state index contributed by atoms with van der Waals surface area (Å²) in [7, 11) is 1.96. The number of rotatable bonds is 4. The molecule has 0 aliphatic carbocycles. The lowest BCUT2D eigenvalue weighted by atomic mass is 10.2. The van der Waals surface area contributed by atoms with E-state index in [1.165, 1.54) is 0 Å². The number of carbonyl (C=O) groups is 1. The third-order valence-electron chi connectivity index (χ3n) is 3.67. The van der Waals surface area contributed by atoms with Gasteiger partial charge < -0.3 is 14.2 Å². The van der Waals surface area contributed by atoms with Crippen LogP contribution >= 0.6 is 0 Å². The first kappa shape index (κ1) is 13.4. The number of fused-ring (bicyclic) bond motifs is 1. The number of carboxylic acids is 1. The summed E-state index contributed by atoms with van der Waals surface area (Å²) in [5.74, 6) is 0.943. The van der Waals surface area contributed by atoms with E-state index in [2.05, 4.69) is 9.97 Å². The van der Waals surface area contributed by atoms with E-state index in [-0.39, 0.29) is 5.56 Å². The van der Waals surface area contributed by atoms with Gasteiger partial charge in [0.15, 0.2) is 0 Å². The fourth-order valence-corrected chi connectivity index (χ4v) is 2.51. The highest BCUT2D eigenvalue weighted by Crippen LogP contribution is 2.18. The Labute approximate surface area is 121 Å². The fraction of sp³-hybridized carbons (Fsp3) is 0.267. The Hall–Kier alpha value is -2.63. The molecule has 0 saturated carbocycles.